The molecule has 1 aliphatic carbocycles. The Morgan fingerprint density at radius 3 is 2.86 bits per heavy atom. The molecule has 2 heterocycles. The molecule has 5 nitrogen and oxygen atoms in total. The van der Waals surface area contributed by atoms with E-state index in [0.717, 1.165) is 36.8 Å². The van der Waals surface area contributed by atoms with Crippen LogP contribution < -0.4 is 5.32 Å². The van der Waals surface area contributed by atoms with E-state index in [4.69, 9.17) is 4.74 Å². The molecule has 2 aromatic heterocycles. The van der Waals surface area contributed by atoms with Gasteiger partial charge in [0.2, 0.25) is 0 Å². The van der Waals surface area contributed by atoms with Crippen molar-refractivity contribution < 1.29 is 9.53 Å². The molecule has 0 bridgehead atoms. The number of hydrogen-bond acceptors (Lipinski definition) is 3. The van der Waals surface area contributed by atoms with Gasteiger partial charge in [-0.25, -0.2) is 4.52 Å². The van der Waals surface area contributed by atoms with Crippen molar-refractivity contribution in [3.63, 3.8) is 0 Å². The summed E-state index contributed by atoms with van der Waals surface area (Å²) in [7, 11) is 1.75. The minimum absolute atomic E-state index is 0.0310. The lowest BCUT2D eigenvalue weighted by atomic mass is 9.93. The largest absolute Gasteiger partial charge is 0.381 e. The number of nitrogens with one attached hydrogen (secondary N) is 1. The molecule has 0 unspecified atom stereocenters. The summed E-state index contributed by atoms with van der Waals surface area (Å²) in [5, 5.41) is 7.36. The minimum atomic E-state index is -0.0310. The van der Waals surface area contributed by atoms with Crippen LogP contribution in [-0.2, 0) is 4.74 Å². The number of aryl methyl sites for hydroxylation is 1. The topological polar surface area (TPSA) is 55.6 Å². The number of amides is 1. The third-order valence-corrected chi connectivity index (χ3v) is 4.26. The van der Waals surface area contributed by atoms with Crippen molar-refractivity contribution in [1.82, 2.24) is 14.9 Å². The van der Waals surface area contributed by atoms with Gasteiger partial charge in [0.05, 0.1) is 23.4 Å². The molecule has 21 heavy (non-hydrogen) atoms. The average Bonchev–Trinajstić information content (AvgIpc) is 2.91. The molecule has 0 aliphatic heterocycles. The third kappa shape index (κ3) is 2.93. The van der Waals surface area contributed by atoms with Crippen molar-refractivity contribution in [2.75, 3.05) is 7.11 Å². The smallest absolute Gasteiger partial charge is 0.255 e. The van der Waals surface area contributed by atoms with Crippen LogP contribution in [0.25, 0.3) is 5.52 Å². The molecule has 0 atom stereocenters. The summed E-state index contributed by atoms with van der Waals surface area (Å²) >= 11 is 0. The highest BCUT2D eigenvalue weighted by atomic mass is 16.5. The van der Waals surface area contributed by atoms with E-state index < -0.39 is 0 Å². The lowest BCUT2D eigenvalue weighted by molar-refractivity contribution is 0.0599. The molecule has 0 radical (unpaired) electrons. The van der Waals surface area contributed by atoms with Crippen LogP contribution in [0.4, 0.5) is 0 Å². The normalized spacial score (nSPS) is 22.4. The Balaban J connectivity index is 1.71. The molecule has 3 rings (SSSR count). The number of aromatic nitrogens is 2. The van der Waals surface area contributed by atoms with Crippen LogP contribution in [0.2, 0.25) is 0 Å². The van der Waals surface area contributed by atoms with E-state index in [1.165, 1.54) is 0 Å². The highest BCUT2D eigenvalue weighted by molar-refractivity contribution is 6.00. The standard InChI is InChI=1S/C16H21N3O2/c1-11-7-8-19-15(9-11)14(10-17-19)16(20)18-12-3-5-13(21-2)6-4-12/h7-10,12-13H,3-6H2,1-2H3,(H,18,20). The van der Waals surface area contributed by atoms with Gasteiger partial charge in [0, 0.05) is 19.3 Å². The summed E-state index contributed by atoms with van der Waals surface area (Å²) in [6.07, 6.45) is 7.84. The molecular formula is C16H21N3O2. The first-order valence-corrected chi connectivity index (χ1v) is 7.45. The number of nitrogens with zero attached hydrogens (tertiary/aromatic N) is 2. The molecule has 1 aliphatic rings. The molecule has 112 valence electrons. The van der Waals surface area contributed by atoms with Gasteiger partial charge in [0.15, 0.2) is 0 Å². The summed E-state index contributed by atoms with van der Waals surface area (Å²) in [5.41, 5.74) is 2.63. The van der Waals surface area contributed by atoms with Gasteiger partial charge in [0.1, 0.15) is 0 Å². The predicted octanol–water partition coefficient (Wildman–Crippen LogP) is 2.33. The number of pyridine rings is 1. The van der Waals surface area contributed by atoms with Crippen molar-refractivity contribution in [3.8, 4) is 0 Å². The second-order valence-corrected chi connectivity index (χ2v) is 5.77. The maximum Gasteiger partial charge on any atom is 0.255 e. The Morgan fingerprint density at radius 2 is 2.14 bits per heavy atom. The average molecular weight is 287 g/mol. The van der Waals surface area contributed by atoms with Crippen molar-refractivity contribution >= 4 is 11.4 Å². The Bertz CT molecular complexity index is 642. The van der Waals surface area contributed by atoms with Gasteiger partial charge in [-0.3, -0.25) is 4.79 Å². The molecular weight excluding hydrogens is 266 g/mol. The van der Waals surface area contributed by atoms with Crippen LogP contribution in [-0.4, -0.2) is 34.8 Å². The first kappa shape index (κ1) is 14.1. The van der Waals surface area contributed by atoms with Crippen molar-refractivity contribution in [1.29, 1.82) is 0 Å². The fourth-order valence-electron chi connectivity index (χ4n) is 2.97. The fourth-order valence-corrected chi connectivity index (χ4v) is 2.97. The van der Waals surface area contributed by atoms with Gasteiger partial charge in [-0.05, 0) is 50.3 Å². The molecule has 5 heteroatoms. The first-order valence-electron chi connectivity index (χ1n) is 7.45. The predicted molar refractivity (Wildman–Crippen MR) is 80.4 cm³/mol. The van der Waals surface area contributed by atoms with Crippen LogP contribution >= 0.6 is 0 Å². The lowest BCUT2D eigenvalue weighted by Crippen LogP contribution is -2.38. The van der Waals surface area contributed by atoms with E-state index in [1.807, 2.05) is 25.3 Å². The van der Waals surface area contributed by atoms with E-state index in [9.17, 15) is 4.79 Å². The summed E-state index contributed by atoms with van der Waals surface area (Å²) < 4.78 is 7.10. The highest BCUT2D eigenvalue weighted by Crippen LogP contribution is 2.21. The molecule has 1 N–H and O–H groups in total. The lowest BCUT2D eigenvalue weighted by Gasteiger charge is -2.28. The van der Waals surface area contributed by atoms with Gasteiger partial charge in [-0.2, -0.15) is 5.10 Å². The van der Waals surface area contributed by atoms with E-state index in [1.54, 1.807) is 17.8 Å². The first-order chi connectivity index (χ1) is 10.2. The highest BCUT2D eigenvalue weighted by Gasteiger charge is 2.23. The second-order valence-electron chi connectivity index (χ2n) is 5.77. The Hall–Kier alpha value is -1.88. The van der Waals surface area contributed by atoms with Crippen LogP contribution in [0.1, 0.15) is 41.6 Å². The van der Waals surface area contributed by atoms with E-state index >= 15 is 0 Å². The zero-order chi connectivity index (χ0) is 14.8. The Labute approximate surface area is 124 Å². The monoisotopic (exact) mass is 287 g/mol. The van der Waals surface area contributed by atoms with Gasteiger partial charge >= 0.3 is 0 Å². The number of rotatable bonds is 3. The second kappa shape index (κ2) is 5.85. The minimum Gasteiger partial charge on any atom is -0.381 e. The van der Waals surface area contributed by atoms with E-state index in [-0.39, 0.29) is 11.9 Å². The van der Waals surface area contributed by atoms with Crippen molar-refractivity contribution in [3.05, 3.63) is 35.7 Å². The van der Waals surface area contributed by atoms with Crippen molar-refractivity contribution in [2.24, 2.45) is 0 Å². The number of carbonyl (C=O) groups is 1. The SMILES string of the molecule is COC1CCC(NC(=O)c2cnn3ccc(C)cc23)CC1. The zero-order valence-corrected chi connectivity index (χ0v) is 12.5. The Morgan fingerprint density at radius 1 is 1.38 bits per heavy atom. The maximum atomic E-state index is 12.5. The maximum absolute atomic E-state index is 12.5. The van der Waals surface area contributed by atoms with Crippen LogP contribution in [0.15, 0.2) is 24.5 Å². The number of carbonyl (C=O) groups excluding carboxylic acids is 1. The van der Waals surface area contributed by atoms with Gasteiger partial charge in [0.25, 0.3) is 5.91 Å². The third-order valence-electron chi connectivity index (χ3n) is 4.26. The number of fused-ring (bicyclic) bond motifs is 1. The van der Waals surface area contributed by atoms with Gasteiger partial charge in [-0.1, -0.05) is 0 Å². The van der Waals surface area contributed by atoms with Gasteiger partial charge < -0.3 is 10.1 Å². The van der Waals surface area contributed by atoms with Crippen LogP contribution in [0.5, 0.6) is 0 Å². The molecule has 1 fully saturated rings. The van der Waals surface area contributed by atoms with E-state index in [2.05, 4.69) is 10.4 Å². The van der Waals surface area contributed by atoms with Gasteiger partial charge in [-0.15, -0.1) is 0 Å². The van der Waals surface area contributed by atoms with Crippen molar-refractivity contribution in [2.45, 2.75) is 44.8 Å². The number of hydrogen-bond donors (Lipinski definition) is 1. The molecule has 1 amide bonds. The number of methoxy groups -OCH3 is 1. The summed E-state index contributed by atoms with van der Waals surface area (Å²) in [5.74, 6) is -0.0310. The molecule has 0 aromatic carbocycles. The summed E-state index contributed by atoms with van der Waals surface area (Å²) in [4.78, 5) is 12.5. The molecule has 0 saturated heterocycles. The number of ether oxygens (including phenoxy) is 1. The zero-order valence-electron chi connectivity index (χ0n) is 12.5. The Kier molecular flexibility index (Phi) is 3.92. The van der Waals surface area contributed by atoms with E-state index in [0.29, 0.717) is 11.7 Å². The molecule has 2 aromatic rings. The molecule has 1 saturated carbocycles. The summed E-state index contributed by atoms with van der Waals surface area (Å²) in [6, 6.07) is 4.21. The fraction of sp³-hybridized carbons (Fsp3) is 0.500. The summed E-state index contributed by atoms with van der Waals surface area (Å²) in [6.45, 7) is 2.01. The molecule has 0 spiro atoms. The quantitative estimate of drug-likeness (QED) is 0.942. The van der Waals surface area contributed by atoms with Crippen LogP contribution in [0.3, 0.4) is 0 Å². The van der Waals surface area contributed by atoms with Crippen LogP contribution in [0, 0.1) is 6.92 Å².